The fourth-order valence-electron chi connectivity index (χ4n) is 3.02. The smallest absolute Gasteiger partial charge is 0.338 e. The van der Waals surface area contributed by atoms with Crippen LogP contribution in [0.25, 0.3) is 0 Å². The van der Waals surface area contributed by atoms with E-state index in [1.54, 1.807) is 20.8 Å². The Bertz CT molecular complexity index is 1020. The maximum absolute atomic E-state index is 13.2. The molecule has 11 heteroatoms. The Morgan fingerprint density at radius 1 is 0.824 bits per heavy atom. The van der Waals surface area contributed by atoms with Gasteiger partial charge in [-0.15, -0.1) is 0 Å². The zero-order valence-electron chi connectivity index (χ0n) is 20.5. The molecule has 3 unspecified atom stereocenters. The summed E-state index contributed by atoms with van der Waals surface area (Å²) in [6.45, 7) is 14.4. The normalized spacial score (nSPS) is 13.6. The lowest BCUT2D eigenvalue weighted by Gasteiger charge is -2.22. The van der Waals surface area contributed by atoms with E-state index in [0.29, 0.717) is 11.0 Å². The fourth-order valence-corrected chi connectivity index (χ4v) is 3.02. The van der Waals surface area contributed by atoms with Gasteiger partial charge < -0.3 is 14.6 Å². The molecule has 34 heavy (non-hydrogen) atoms. The topological polar surface area (TPSA) is 139 Å². The van der Waals surface area contributed by atoms with Crippen LogP contribution in [0, 0.1) is 0 Å². The first-order valence-electron chi connectivity index (χ1n) is 11.3. The van der Waals surface area contributed by atoms with Crippen LogP contribution in [-0.2, 0) is 32.2 Å². The lowest BCUT2D eigenvalue weighted by molar-refractivity contribution is -0.145. The van der Waals surface area contributed by atoms with Crippen molar-refractivity contribution in [1.82, 2.24) is 13.7 Å². The van der Waals surface area contributed by atoms with Gasteiger partial charge in [0.2, 0.25) is 0 Å². The van der Waals surface area contributed by atoms with Crippen LogP contribution in [0.3, 0.4) is 0 Å². The molecule has 1 aromatic rings. The van der Waals surface area contributed by atoms with E-state index in [-0.39, 0.29) is 43.5 Å². The zero-order chi connectivity index (χ0) is 26.2. The summed E-state index contributed by atoms with van der Waals surface area (Å²) in [5.74, 6) is -1.37. The van der Waals surface area contributed by atoms with Gasteiger partial charge in [-0.3, -0.25) is 0 Å². The SMILES string of the molecule is C=C(C)C(=O)OC(CC)Cn1c(=O)n(CC(CC)OC(=O)C(=C)C)c(=O)n(C(O)CCC)c1=O. The van der Waals surface area contributed by atoms with E-state index in [0.717, 1.165) is 9.13 Å². The Kier molecular flexibility index (Phi) is 10.9. The Hall–Kier alpha value is -3.21. The third kappa shape index (κ3) is 7.14. The number of esters is 2. The molecule has 0 aliphatic carbocycles. The van der Waals surface area contributed by atoms with Crippen molar-refractivity contribution >= 4 is 11.9 Å². The number of hydrogen-bond donors (Lipinski definition) is 1. The van der Waals surface area contributed by atoms with Gasteiger partial charge in [0.05, 0.1) is 13.1 Å². The van der Waals surface area contributed by atoms with E-state index >= 15 is 0 Å². The van der Waals surface area contributed by atoms with Crippen LogP contribution in [0.4, 0.5) is 0 Å². The molecule has 0 aliphatic rings. The summed E-state index contributed by atoms with van der Waals surface area (Å²) in [5, 5.41) is 10.5. The van der Waals surface area contributed by atoms with Gasteiger partial charge in [0, 0.05) is 11.1 Å². The molecule has 0 amide bonds. The summed E-state index contributed by atoms with van der Waals surface area (Å²) < 4.78 is 12.7. The highest BCUT2D eigenvalue weighted by molar-refractivity contribution is 5.87. The Labute approximate surface area is 197 Å². The molecule has 1 heterocycles. The molecule has 11 nitrogen and oxygen atoms in total. The van der Waals surface area contributed by atoms with Gasteiger partial charge in [-0.05, 0) is 33.1 Å². The monoisotopic (exact) mass is 481 g/mol. The maximum Gasteiger partial charge on any atom is 0.338 e. The molecular formula is C23H35N3O8. The number of ether oxygens (including phenoxy) is 2. The predicted octanol–water partition coefficient (Wildman–Crippen LogP) is 1.26. The van der Waals surface area contributed by atoms with Gasteiger partial charge in [0.15, 0.2) is 0 Å². The van der Waals surface area contributed by atoms with Gasteiger partial charge >= 0.3 is 29.0 Å². The van der Waals surface area contributed by atoms with Crippen LogP contribution in [0.15, 0.2) is 38.7 Å². The highest BCUT2D eigenvalue weighted by Gasteiger charge is 2.25. The van der Waals surface area contributed by atoms with E-state index < -0.39 is 47.4 Å². The number of aliphatic hydroxyl groups is 1. The van der Waals surface area contributed by atoms with Crippen LogP contribution in [0.2, 0.25) is 0 Å². The predicted molar refractivity (Wildman–Crippen MR) is 125 cm³/mol. The van der Waals surface area contributed by atoms with Crippen LogP contribution in [-0.4, -0.2) is 43.0 Å². The minimum absolute atomic E-state index is 0.0943. The first-order valence-corrected chi connectivity index (χ1v) is 11.3. The van der Waals surface area contributed by atoms with Gasteiger partial charge in [-0.1, -0.05) is 40.3 Å². The summed E-state index contributed by atoms with van der Waals surface area (Å²) in [4.78, 5) is 63.2. The summed E-state index contributed by atoms with van der Waals surface area (Å²) >= 11 is 0. The highest BCUT2D eigenvalue weighted by atomic mass is 16.5. The Balaban J connectivity index is 3.62. The minimum atomic E-state index is -1.47. The molecule has 0 aliphatic heterocycles. The third-order valence-electron chi connectivity index (χ3n) is 5.11. The number of aliphatic hydroxyl groups excluding tert-OH is 1. The lowest BCUT2D eigenvalue weighted by atomic mass is 10.2. The second kappa shape index (κ2) is 12.9. The molecule has 0 fully saturated rings. The van der Waals surface area contributed by atoms with Crippen molar-refractivity contribution in [3.63, 3.8) is 0 Å². The van der Waals surface area contributed by atoms with Crippen molar-refractivity contribution in [1.29, 1.82) is 0 Å². The molecule has 0 saturated carbocycles. The van der Waals surface area contributed by atoms with Gasteiger partial charge in [0.1, 0.15) is 18.4 Å². The van der Waals surface area contributed by atoms with Crippen LogP contribution >= 0.6 is 0 Å². The Morgan fingerprint density at radius 2 is 1.21 bits per heavy atom. The van der Waals surface area contributed by atoms with Gasteiger partial charge in [0.25, 0.3) is 0 Å². The van der Waals surface area contributed by atoms with Gasteiger partial charge in [-0.25, -0.2) is 37.7 Å². The summed E-state index contributed by atoms with van der Waals surface area (Å²) in [6, 6.07) is 0. The number of aromatic nitrogens is 3. The van der Waals surface area contributed by atoms with Crippen molar-refractivity contribution in [2.24, 2.45) is 0 Å². The molecule has 0 aromatic carbocycles. The summed E-state index contributed by atoms with van der Waals surface area (Å²) in [5.41, 5.74) is -2.72. The number of carbonyl (C=O) groups is 2. The standard InChI is InChI=1S/C23H35N3O8/c1-8-11-18(27)26-22(31)24(12-16(9-2)33-19(28)14(4)5)21(30)25(23(26)32)13-17(10-3)34-20(29)15(6)7/h16-18,27H,4,6,8-13H2,1-3,5,7H3. The second-order valence-corrected chi connectivity index (χ2v) is 8.14. The fraction of sp³-hybridized carbons (Fsp3) is 0.609. The molecule has 1 aromatic heterocycles. The zero-order valence-corrected chi connectivity index (χ0v) is 20.5. The largest absolute Gasteiger partial charge is 0.457 e. The van der Waals surface area contributed by atoms with Crippen molar-refractivity contribution in [2.75, 3.05) is 0 Å². The molecule has 190 valence electrons. The van der Waals surface area contributed by atoms with Crippen molar-refractivity contribution in [3.05, 3.63) is 55.8 Å². The van der Waals surface area contributed by atoms with E-state index in [2.05, 4.69) is 13.2 Å². The first-order chi connectivity index (χ1) is 15.9. The second-order valence-electron chi connectivity index (χ2n) is 8.14. The number of nitrogens with zero attached hydrogens (tertiary/aromatic N) is 3. The maximum atomic E-state index is 13.2. The number of rotatable bonds is 13. The quantitative estimate of drug-likeness (QED) is 0.328. The van der Waals surface area contributed by atoms with Crippen molar-refractivity contribution in [2.45, 2.75) is 91.8 Å². The van der Waals surface area contributed by atoms with Crippen LogP contribution in [0.1, 0.15) is 66.5 Å². The van der Waals surface area contributed by atoms with E-state index in [1.807, 2.05) is 0 Å². The molecule has 0 spiro atoms. The molecule has 0 bridgehead atoms. The molecule has 0 radical (unpaired) electrons. The lowest BCUT2D eigenvalue weighted by Crippen LogP contribution is -2.57. The van der Waals surface area contributed by atoms with Crippen molar-refractivity contribution in [3.8, 4) is 0 Å². The molecular weight excluding hydrogens is 446 g/mol. The number of carbonyl (C=O) groups excluding carboxylic acids is 2. The molecule has 3 atom stereocenters. The van der Waals surface area contributed by atoms with Gasteiger partial charge in [-0.2, -0.15) is 0 Å². The van der Waals surface area contributed by atoms with Crippen LogP contribution < -0.4 is 17.1 Å². The third-order valence-corrected chi connectivity index (χ3v) is 5.11. The average molecular weight is 482 g/mol. The minimum Gasteiger partial charge on any atom is -0.457 e. The van der Waals surface area contributed by atoms with E-state index in [9.17, 15) is 29.1 Å². The Morgan fingerprint density at radius 3 is 1.50 bits per heavy atom. The molecule has 1 rings (SSSR count). The van der Waals surface area contributed by atoms with E-state index in [1.165, 1.54) is 13.8 Å². The summed E-state index contributed by atoms with van der Waals surface area (Å²) in [6.07, 6.45) is -2.09. The first kappa shape index (κ1) is 28.8. The van der Waals surface area contributed by atoms with E-state index in [4.69, 9.17) is 9.47 Å². The summed E-state index contributed by atoms with van der Waals surface area (Å²) in [7, 11) is 0. The highest BCUT2D eigenvalue weighted by Crippen LogP contribution is 2.08. The average Bonchev–Trinajstić information content (AvgIpc) is 2.77. The van der Waals surface area contributed by atoms with Crippen LogP contribution in [0.5, 0.6) is 0 Å². The number of hydrogen-bond acceptors (Lipinski definition) is 8. The molecule has 1 N–H and O–H groups in total. The van der Waals surface area contributed by atoms with Crippen molar-refractivity contribution < 1.29 is 24.2 Å². The molecule has 0 saturated heterocycles.